The fraction of sp³-hybridized carbons (Fsp3) is 0.526. The van der Waals surface area contributed by atoms with Crippen LogP contribution in [0.2, 0.25) is 0 Å². The van der Waals surface area contributed by atoms with Crippen LogP contribution in [0.15, 0.2) is 36.7 Å². The summed E-state index contributed by atoms with van der Waals surface area (Å²) in [4.78, 5) is 15.6. The standard InChI is InChI=1S/C19H25N5O/c1-15-5-2-6-16(22-15)12-24-10-3-7-19(14-24)11-17(13-25-19)23-18-20-8-4-9-21-18/h2,4-6,8-9,17H,3,7,10-14H2,1H3,(H,20,21,23)/t17-,19-/m1/s1. The summed E-state index contributed by atoms with van der Waals surface area (Å²) >= 11 is 0. The van der Waals surface area contributed by atoms with Gasteiger partial charge < -0.3 is 10.1 Å². The van der Waals surface area contributed by atoms with Crippen LogP contribution < -0.4 is 5.32 Å². The van der Waals surface area contributed by atoms with Gasteiger partial charge >= 0.3 is 0 Å². The van der Waals surface area contributed by atoms with Crippen LogP contribution in [-0.2, 0) is 11.3 Å². The molecule has 4 heterocycles. The highest BCUT2D eigenvalue weighted by Gasteiger charge is 2.43. The minimum Gasteiger partial charge on any atom is -0.371 e. The lowest BCUT2D eigenvalue weighted by atomic mass is 9.88. The van der Waals surface area contributed by atoms with Crippen molar-refractivity contribution < 1.29 is 4.74 Å². The number of piperidine rings is 1. The minimum atomic E-state index is -0.0471. The van der Waals surface area contributed by atoms with Gasteiger partial charge in [0.25, 0.3) is 0 Å². The molecule has 0 bridgehead atoms. The van der Waals surface area contributed by atoms with Gasteiger partial charge in [0, 0.05) is 37.6 Å². The average Bonchev–Trinajstić information content (AvgIpc) is 2.97. The quantitative estimate of drug-likeness (QED) is 0.923. The fourth-order valence-corrected chi connectivity index (χ4v) is 4.02. The molecular formula is C19H25N5O. The van der Waals surface area contributed by atoms with Crippen LogP contribution in [0.25, 0.3) is 0 Å². The third kappa shape index (κ3) is 3.96. The van der Waals surface area contributed by atoms with Gasteiger partial charge in [-0.3, -0.25) is 9.88 Å². The number of likely N-dealkylation sites (tertiary alicyclic amines) is 1. The molecule has 2 aliphatic heterocycles. The van der Waals surface area contributed by atoms with Crippen molar-refractivity contribution in [3.05, 3.63) is 48.0 Å². The molecule has 2 saturated heterocycles. The van der Waals surface area contributed by atoms with E-state index in [1.807, 2.05) is 19.1 Å². The van der Waals surface area contributed by atoms with E-state index >= 15 is 0 Å². The molecule has 0 amide bonds. The number of pyridine rings is 1. The van der Waals surface area contributed by atoms with Crippen molar-refractivity contribution in [1.29, 1.82) is 0 Å². The van der Waals surface area contributed by atoms with Crippen molar-refractivity contribution in [2.75, 3.05) is 25.0 Å². The summed E-state index contributed by atoms with van der Waals surface area (Å²) in [7, 11) is 0. The molecule has 2 fully saturated rings. The van der Waals surface area contributed by atoms with Crippen LogP contribution in [0.1, 0.15) is 30.7 Å². The van der Waals surface area contributed by atoms with Crippen molar-refractivity contribution >= 4 is 5.95 Å². The summed E-state index contributed by atoms with van der Waals surface area (Å²) in [5.41, 5.74) is 2.17. The van der Waals surface area contributed by atoms with Gasteiger partial charge in [0.15, 0.2) is 0 Å². The molecule has 2 aromatic rings. The summed E-state index contributed by atoms with van der Waals surface area (Å²) in [5.74, 6) is 0.685. The summed E-state index contributed by atoms with van der Waals surface area (Å²) in [6, 6.07) is 8.35. The molecule has 2 atom stereocenters. The zero-order chi connectivity index (χ0) is 17.1. The summed E-state index contributed by atoms with van der Waals surface area (Å²) in [6.45, 7) is 5.74. The molecule has 25 heavy (non-hydrogen) atoms. The van der Waals surface area contributed by atoms with E-state index in [0.717, 1.165) is 50.5 Å². The molecule has 4 rings (SSSR count). The highest BCUT2D eigenvalue weighted by atomic mass is 16.5. The predicted octanol–water partition coefficient (Wildman–Crippen LogP) is 2.42. The lowest BCUT2D eigenvalue weighted by Gasteiger charge is -2.39. The molecule has 6 nitrogen and oxygen atoms in total. The van der Waals surface area contributed by atoms with Gasteiger partial charge in [-0.05, 0) is 44.5 Å². The molecule has 2 aromatic heterocycles. The van der Waals surface area contributed by atoms with E-state index in [2.05, 4.69) is 37.3 Å². The van der Waals surface area contributed by atoms with Crippen molar-refractivity contribution in [3.8, 4) is 0 Å². The van der Waals surface area contributed by atoms with Crippen LogP contribution in [0.4, 0.5) is 5.95 Å². The monoisotopic (exact) mass is 339 g/mol. The highest BCUT2D eigenvalue weighted by molar-refractivity contribution is 5.25. The Bertz CT molecular complexity index is 710. The zero-order valence-corrected chi connectivity index (χ0v) is 14.7. The average molecular weight is 339 g/mol. The third-order valence-electron chi connectivity index (χ3n) is 5.06. The van der Waals surface area contributed by atoms with Crippen molar-refractivity contribution in [2.24, 2.45) is 0 Å². The molecule has 0 radical (unpaired) electrons. The number of aryl methyl sites for hydroxylation is 1. The van der Waals surface area contributed by atoms with E-state index in [0.29, 0.717) is 5.95 Å². The van der Waals surface area contributed by atoms with E-state index in [4.69, 9.17) is 4.74 Å². The maximum atomic E-state index is 6.28. The molecule has 2 aliphatic rings. The van der Waals surface area contributed by atoms with Crippen LogP contribution in [0.3, 0.4) is 0 Å². The van der Waals surface area contributed by atoms with Gasteiger partial charge in [-0.2, -0.15) is 0 Å². The molecule has 6 heteroatoms. The molecule has 0 saturated carbocycles. The Kier molecular flexibility index (Phi) is 4.63. The first kappa shape index (κ1) is 16.4. The number of ether oxygens (including phenoxy) is 1. The van der Waals surface area contributed by atoms with Gasteiger partial charge in [0.2, 0.25) is 5.95 Å². The number of nitrogens with zero attached hydrogens (tertiary/aromatic N) is 4. The number of anilines is 1. The van der Waals surface area contributed by atoms with E-state index in [9.17, 15) is 0 Å². The Balaban J connectivity index is 1.37. The van der Waals surface area contributed by atoms with E-state index in [-0.39, 0.29) is 11.6 Å². The van der Waals surface area contributed by atoms with Gasteiger partial charge in [0.05, 0.1) is 23.9 Å². The van der Waals surface area contributed by atoms with Crippen molar-refractivity contribution in [2.45, 2.75) is 44.4 Å². The molecule has 0 aromatic carbocycles. The summed E-state index contributed by atoms with van der Waals surface area (Å²) in [6.07, 6.45) is 6.82. The number of rotatable bonds is 4. The first-order valence-corrected chi connectivity index (χ1v) is 9.03. The number of aromatic nitrogens is 3. The third-order valence-corrected chi connectivity index (χ3v) is 5.06. The molecule has 0 aliphatic carbocycles. The van der Waals surface area contributed by atoms with Gasteiger partial charge in [-0.15, -0.1) is 0 Å². The molecule has 132 valence electrons. The molecule has 1 N–H and O–H groups in total. The zero-order valence-electron chi connectivity index (χ0n) is 14.7. The van der Waals surface area contributed by atoms with Crippen LogP contribution in [0, 0.1) is 6.92 Å². The maximum Gasteiger partial charge on any atom is 0.222 e. The smallest absolute Gasteiger partial charge is 0.222 e. The summed E-state index contributed by atoms with van der Waals surface area (Å²) < 4.78 is 6.28. The normalized spacial score (nSPS) is 26.8. The Labute approximate surface area is 148 Å². The molecule has 1 spiro atoms. The maximum absolute atomic E-state index is 6.28. The van der Waals surface area contributed by atoms with Gasteiger partial charge in [0.1, 0.15) is 0 Å². The van der Waals surface area contributed by atoms with Crippen LogP contribution in [-0.4, -0.2) is 51.2 Å². The highest BCUT2D eigenvalue weighted by Crippen LogP contribution is 2.35. The van der Waals surface area contributed by atoms with E-state index < -0.39 is 0 Å². The fourth-order valence-electron chi connectivity index (χ4n) is 4.02. The van der Waals surface area contributed by atoms with Crippen LogP contribution in [0.5, 0.6) is 0 Å². The number of hydrogen-bond acceptors (Lipinski definition) is 6. The Morgan fingerprint density at radius 1 is 1.28 bits per heavy atom. The second kappa shape index (κ2) is 7.06. The lowest BCUT2D eigenvalue weighted by molar-refractivity contribution is -0.0535. The van der Waals surface area contributed by atoms with E-state index in [1.165, 1.54) is 6.42 Å². The Morgan fingerprint density at radius 2 is 2.16 bits per heavy atom. The predicted molar refractivity (Wildman–Crippen MR) is 96.2 cm³/mol. The second-order valence-corrected chi connectivity index (χ2v) is 7.20. The number of nitrogens with one attached hydrogen (secondary N) is 1. The van der Waals surface area contributed by atoms with Crippen molar-refractivity contribution in [3.63, 3.8) is 0 Å². The van der Waals surface area contributed by atoms with Crippen LogP contribution >= 0.6 is 0 Å². The first-order chi connectivity index (χ1) is 12.2. The first-order valence-electron chi connectivity index (χ1n) is 9.03. The minimum absolute atomic E-state index is 0.0471. The SMILES string of the molecule is Cc1cccc(CN2CCC[C@@]3(C[C@@H](Nc4ncccn4)CO3)C2)n1. The van der Waals surface area contributed by atoms with Gasteiger partial charge in [-0.1, -0.05) is 6.07 Å². The lowest BCUT2D eigenvalue weighted by Crippen LogP contribution is -2.47. The van der Waals surface area contributed by atoms with Crippen molar-refractivity contribution in [1.82, 2.24) is 19.9 Å². The van der Waals surface area contributed by atoms with E-state index in [1.54, 1.807) is 12.4 Å². The summed E-state index contributed by atoms with van der Waals surface area (Å²) in [5, 5.41) is 3.41. The largest absolute Gasteiger partial charge is 0.371 e. The second-order valence-electron chi connectivity index (χ2n) is 7.20. The van der Waals surface area contributed by atoms with Gasteiger partial charge in [-0.25, -0.2) is 9.97 Å². The Hall–Kier alpha value is -2.05. The number of hydrogen-bond donors (Lipinski definition) is 1. The molecular weight excluding hydrogens is 314 g/mol. The topological polar surface area (TPSA) is 63.2 Å². The Morgan fingerprint density at radius 3 is 3.00 bits per heavy atom. The molecule has 0 unspecified atom stereocenters.